The third-order valence-electron chi connectivity index (χ3n) is 5.32. The van der Waals surface area contributed by atoms with Crippen molar-refractivity contribution < 1.29 is 9.53 Å². The molecule has 1 saturated heterocycles. The lowest BCUT2D eigenvalue weighted by Crippen LogP contribution is -2.42. The van der Waals surface area contributed by atoms with E-state index < -0.39 is 0 Å². The fourth-order valence-corrected chi connectivity index (χ4v) is 3.88. The number of rotatable bonds is 5. The van der Waals surface area contributed by atoms with Crippen LogP contribution in [0.2, 0.25) is 5.02 Å². The van der Waals surface area contributed by atoms with Crippen LogP contribution in [0.1, 0.15) is 23.1 Å². The van der Waals surface area contributed by atoms with Crippen molar-refractivity contribution in [2.75, 3.05) is 31.6 Å². The van der Waals surface area contributed by atoms with E-state index in [0.29, 0.717) is 24.7 Å². The number of ether oxygens (including phenoxy) is 1. The largest absolute Gasteiger partial charge is 0.371 e. The molecule has 1 fully saturated rings. The minimum absolute atomic E-state index is 0.0504. The van der Waals surface area contributed by atoms with Gasteiger partial charge < -0.3 is 10.1 Å². The predicted molar refractivity (Wildman–Crippen MR) is 118 cm³/mol. The SMILES string of the molecule is Cc1nn(-c2ccccc2)c(C)c1NC(=O)CN1CCOC(c2ccc(Cl)cc2)C1. The van der Waals surface area contributed by atoms with Gasteiger partial charge in [0.15, 0.2) is 0 Å². The molecule has 156 valence electrons. The highest BCUT2D eigenvalue weighted by atomic mass is 35.5. The zero-order valence-electron chi connectivity index (χ0n) is 17.1. The summed E-state index contributed by atoms with van der Waals surface area (Å²) >= 11 is 5.98. The first-order valence-corrected chi connectivity index (χ1v) is 10.4. The highest BCUT2D eigenvalue weighted by Gasteiger charge is 2.24. The molecule has 0 aliphatic carbocycles. The molecular weight excluding hydrogens is 400 g/mol. The number of anilines is 1. The van der Waals surface area contributed by atoms with Crippen molar-refractivity contribution >= 4 is 23.2 Å². The number of para-hydroxylation sites is 1. The lowest BCUT2D eigenvalue weighted by atomic mass is 10.1. The van der Waals surface area contributed by atoms with Crippen molar-refractivity contribution in [2.24, 2.45) is 0 Å². The van der Waals surface area contributed by atoms with Gasteiger partial charge in [-0.25, -0.2) is 4.68 Å². The minimum Gasteiger partial charge on any atom is -0.371 e. The van der Waals surface area contributed by atoms with Crippen LogP contribution in [0.15, 0.2) is 54.6 Å². The molecule has 6 nitrogen and oxygen atoms in total. The Kier molecular flexibility index (Phi) is 6.18. The summed E-state index contributed by atoms with van der Waals surface area (Å²) in [4.78, 5) is 14.9. The van der Waals surface area contributed by atoms with Gasteiger partial charge in [0.25, 0.3) is 0 Å². The summed E-state index contributed by atoms with van der Waals surface area (Å²) in [6.07, 6.45) is -0.0619. The maximum Gasteiger partial charge on any atom is 0.238 e. The number of benzene rings is 2. The van der Waals surface area contributed by atoms with Crippen LogP contribution in [0.5, 0.6) is 0 Å². The van der Waals surface area contributed by atoms with Crippen molar-refractivity contribution in [3.63, 3.8) is 0 Å². The van der Waals surface area contributed by atoms with Crippen LogP contribution >= 0.6 is 11.6 Å². The van der Waals surface area contributed by atoms with Crippen molar-refractivity contribution in [1.82, 2.24) is 14.7 Å². The summed E-state index contributed by atoms with van der Waals surface area (Å²) in [5, 5.41) is 8.35. The highest BCUT2D eigenvalue weighted by Crippen LogP contribution is 2.25. The quantitative estimate of drug-likeness (QED) is 0.668. The average Bonchev–Trinajstić information content (AvgIpc) is 3.03. The highest BCUT2D eigenvalue weighted by molar-refractivity contribution is 6.30. The summed E-state index contributed by atoms with van der Waals surface area (Å²) in [6, 6.07) is 17.6. The molecule has 0 bridgehead atoms. The van der Waals surface area contributed by atoms with E-state index in [1.807, 2.05) is 73.1 Å². The number of hydrogen-bond donors (Lipinski definition) is 1. The standard InChI is InChI=1S/C23H25ClN4O2/c1-16-23(17(2)28(26-16)20-6-4-3-5-7-20)25-22(29)15-27-12-13-30-21(14-27)18-8-10-19(24)11-9-18/h3-11,21H,12-15H2,1-2H3,(H,25,29). The van der Waals surface area contributed by atoms with Gasteiger partial charge in [0.2, 0.25) is 5.91 Å². The van der Waals surface area contributed by atoms with Crippen molar-refractivity contribution in [3.05, 3.63) is 76.6 Å². The molecule has 1 aliphatic heterocycles. The summed E-state index contributed by atoms with van der Waals surface area (Å²) < 4.78 is 7.75. The lowest BCUT2D eigenvalue weighted by molar-refractivity contribution is -0.119. The lowest BCUT2D eigenvalue weighted by Gasteiger charge is -2.32. The molecule has 2 heterocycles. The van der Waals surface area contributed by atoms with Gasteiger partial charge in [0.05, 0.1) is 42.0 Å². The maximum atomic E-state index is 12.8. The third-order valence-corrected chi connectivity index (χ3v) is 5.57. The normalized spacial score (nSPS) is 17.1. The van der Waals surface area contributed by atoms with E-state index in [1.165, 1.54) is 0 Å². The Balaban J connectivity index is 1.41. The Morgan fingerprint density at radius 3 is 2.63 bits per heavy atom. The van der Waals surface area contributed by atoms with E-state index in [4.69, 9.17) is 16.3 Å². The van der Waals surface area contributed by atoms with Gasteiger partial charge in [-0.3, -0.25) is 9.69 Å². The van der Waals surface area contributed by atoms with Crippen LogP contribution in [0.25, 0.3) is 5.69 Å². The summed E-state index contributed by atoms with van der Waals surface area (Å²) in [5.74, 6) is -0.0504. The number of morpholine rings is 1. The molecule has 30 heavy (non-hydrogen) atoms. The molecule has 1 unspecified atom stereocenters. The Morgan fingerprint density at radius 1 is 1.17 bits per heavy atom. The van der Waals surface area contributed by atoms with Gasteiger partial charge in [-0.05, 0) is 43.7 Å². The van der Waals surface area contributed by atoms with E-state index in [-0.39, 0.29) is 12.0 Å². The number of hydrogen-bond acceptors (Lipinski definition) is 4. The van der Waals surface area contributed by atoms with Crippen molar-refractivity contribution in [2.45, 2.75) is 20.0 Å². The number of nitrogens with zero attached hydrogens (tertiary/aromatic N) is 3. The molecule has 1 amide bonds. The monoisotopic (exact) mass is 424 g/mol. The second-order valence-electron chi connectivity index (χ2n) is 7.49. The Bertz CT molecular complexity index is 1020. The Labute approximate surface area is 181 Å². The minimum atomic E-state index is -0.0619. The molecule has 0 radical (unpaired) electrons. The molecule has 0 saturated carbocycles. The first kappa shape index (κ1) is 20.6. The molecule has 2 aromatic carbocycles. The molecule has 3 aromatic rings. The number of aromatic nitrogens is 2. The maximum absolute atomic E-state index is 12.8. The second kappa shape index (κ2) is 9.00. The van der Waals surface area contributed by atoms with Crippen LogP contribution < -0.4 is 5.32 Å². The van der Waals surface area contributed by atoms with Gasteiger partial charge in [0, 0.05) is 18.1 Å². The van der Waals surface area contributed by atoms with Crippen LogP contribution in [0.3, 0.4) is 0 Å². The predicted octanol–water partition coefficient (Wildman–Crippen LogP) is 4.15. The van der Waals surface area contributed by atoms with E-state index in [0.717, 1.165) is 34.9 Å². The number of amides is 1. The molecular formula is C23H25ClN4O2. The molecule has 0 spiro atoms. The summed E-state index contributed by atoms with van der Waals surface area (Å²) in [7, 11) is 0. The van der Waals surface area contributed by atoms with Gasteiger partial charge in [-0.15, -0.1) is 0 Å². The molecule has 7 heteroatoms. The number of nitrogens with one attached hydrogen (secondary N) is 1. The fraction of sp³-hybridized carbons (Fsp3) is 0.304. The van der Waals surface area contributed by atoms with E-state index in [9.17, 15) is 4.79 Å². The number of carbonyl (C=O) groups is 1. The van der Waals surface area contributed by atoms with Crippen LogP contribution in [0, 0.1) is 13.8 Å². The number of carbonyl (C=O) groups excluding carboxylic acids is 1. The third kappa shape index (κ3) is 4.56. The summed E-state index contributed by atoms with van der Waals surface area (Å²) in [5.41, 5.74) is 4.52. The van der Waals surface area contributed by atoms with Crippen LogP contribution in [-0.4, -0.2) is 46.8 Å². The van der Waals surface area contributed by atoms with Gasteiger partial charge >= 0.3 is 0 Å². The topological polar surface area (TPSA) is 59.4 Å². The van der Waals surface area contributed by atoms with Gasteiger partial charge in [-0.2, -0.15) is 5.10 Å². The molecule has 1 aliphatic rings. The van der Waals surface area contributed by atoms with E-state index in [2.05, 4.69) is 15.3 Å². The summed E-state index contributed by atoms with van der Waals surface area (Å²) in [6.45, 7) is 6.16. The Hall–Kier alpha value is -2.67. The first-order chi connectivity index (χ1) is 14.5. The van der Waals surface area contributed by atoms with Gasteiger partial charge in [0.1, 0.15) is 0 Å². The van der Waals surface area contributed by atoms with E-state index in [1.54, 1.807) is 0 Å². The van der Waals surface area contributed by atoms with Crippen LogP contribution in [0.4, 0.5) is 5.69 Å². The van der Waals surface area contributed by atoms with Crippen molar-refractivity contribution in [1.29, 1.82) is 0 Å². The zero-order chi connectivity index (χ0) is 21.1. The van der Waals surface area contributed by atoms with E-state index >= 15 is 0 Å². The number of halogens is 1. The fourth-order valence-electron chi connectivity index (χ4n) is 3.75. The molecule has 1 aromatic heterocycles. The molecule has 4 rings (SSSR count). The van der Waals surface area contributed by atoms with Crippen LogP contribution in [-0.2, 0) is 9.53 Å². The Morgan fingerprint density at radius 2 is 1.90 bits per heavy atom. The molecule has 1 N–H and O–H groups in total. The zero-order valence-corrected chi connectivity index (χ0v) is 17.9. The smallest absolute Gasteiger partial charge is 0.238 e. The average molecular weight is 425 g/mol. The van der Waals surface area contributed by atoms with Gasteiger partial charge in [-0.1, -0.05) is 41.9 Å². The molecule has 1 atom stereocenters. The van der Waals surface area contributed by atoms with Crippen molar-refractivity contribution in [3.8, 4) is 5.69 Å². The second-order valence-corrected chi connectivity index (χ2v) is 7.92. The number of aryl methyl sites for hydroxylation is 1. The first-order valence-electron chi connectivity index (χ1n) is 10.0.